The largest absolute Gasteiger partial charge is 0.399 e. The number of nitrogens with two attached hydrogens (primary N) is 1. The maximum Gasteiger partial charge on any atom is 0.246 e. The Bertz CT molecular complexity index is 608. The third kappa shape index (κ3) is 3.95. The van der Waals surface area contributed by atoms with E-state index in [1.54, 1.807) is 24.2 Å². The van der Waals surface area contributed by atoms with Crippen molar-refractivity contribution < 1.29 is 4.79 Å². The molecule has 4 heteroatoms. The maximum atomic E-state index is 12.0. The second-order valence-corrected chi connectivity index (χ2v) is 4.52. The van der Waals surface area contributed by atoms with Crippen molar-refractivity contribution >= 4 is 17.7 Å². The highest BCUT2D eigenvalue weighted by molar-refractivity contribution is 5.91. The van der Waals surface area contributed by atoms with E-state index in [1.165, 1.54) is 6.08 Å². The SMILES string of the molecule is CN(Cc1ccccn1)C(=O)/C=C/c1cccc(N)c1. The van der Waals surface area contributed by atoms with Gasteiger partial charge in [0.15, 0.2) is 0 Å². The van der Waals surface area contributed by atoms with E-state index in [9.17, 15) is 4.79 Å². The zero-order chi connectivity index (χ0) is 14.4. The first kappa shape index (κ1) is 13.8. The molecule has 0 radical (unpaired) electrons. The monoisotopic (exact) mass is 267 g/mol. The highest BCUT2D eigenvalue weighted by atomic mass is 16.2. The molecule has 1 heterocycles. The van der Waals surface area contributed by atoms with Crippen LogP contribution in [0.5, 0.6) is 0 Å². The predicted octanol–water partition coefficient (Wildman–Crippen LogP) is 2.34. The molecule has 2 aromatic rings. The molecule has 1 aromatic heterocycles. The van der Waals surface area contributed by atoms with Gasteiger partial charge in [0, 0.05) is 25.0 Å². The zero-order valence-corrected chi connectivity index (χ0v) is 11.4. The number of benzene rings is 1. The topological polar surface area (TPSA) is 59.2 Å². The van der Waals surface area contributed by atoms with Crippen LogP contribution in [-0.2, 0) is 11.3 Å². The van der Waals surface area contributed by atoms with Gasteiger partial charge in [0.05, 0.1) is 12.2 Å². The standard InChI is InChI=1S/C16H17N3O/c1-19(12-15-7-2-3-10-18-15)16(20)9-8-13-5-4-6-14(17)11-13/h2-11H,12,17H2,1H3/b9-8+. The number of amides is 1. The molecule has 20 heavy (non-hydrogen) atoms. The van der Waals surface area contributed by atoms with E-state index in [0.717, 1.165) is 11.3 Å². The molecule has 4 nitrogen and oxygen atoms in total. The van der Waals surface area contributed by atoms with Crippen LogP contribution in [0.25, 0.3) is 6.08 Å². The molecule has 1 amide bonds. The molecule has 0 unspecified atom stereocenters. The second-order valence-electron chi connectivity index (χ2n) is 4.52. The van der Waals surface area contributed by atoms with E-state index in [-0.39, 0.29) is 5.91 Å². The first-order valence-electron chi connectivity index (χ1n) is 6.34. The van der Waals surface area contributed by atoms with Crippen LogP contribution in [0.1, 0.15) is 11.3 Å². The third-order valence-electron chi connectivity index (χ3n) is 2.83. The van der Waals surface area contributed by atoms with Crippen molar-refractivity contribution in [2.45, 2.75) is 6.54 Å². The van der Waals surface area contributed by atoms with Crippen molar-refractivity contribution in [3.8, 4) is 0 Å². The number of carbonyl (C=O) groups excluding carboxylic acids is 1. The third-order valence-corrected chi connectivity index (χ3v) is 2.83. The van der Waals surface area contributed by atoms with Crippen molar-refractivity contribution in [1.82, 2.24) is 9.88 Å². The van der Waals surface area contributed by atoms with Crippen molar-refractivity contribution in [2.75, 3.05) is 12.8 Å². The first-order valence-corrected chi connectivity index (χ1v) is 6.34. The Hall–Kier alpha value is -2.62. The minimum atomic E-state index is -0.0712. The van der Waals surface area contributed by atoms with E-state index in [1.807, 2.05) is 42.5 Å². The number of nitrogen functional groups attached to an aromatic ring is 1. The summed E-state index contributed by atoms with van der Waals surface area (Å²) in [6, 6.07) is 13.0. The molecular weight excluding hydrogens is 250 g/mol. The van der Waals surface area contributed by atoms with Crippen LogP contribution in [0.15, 0.2) is 54.7 Å². The summed E-state index contributed by atoms with van der Waals surface area (Å²) in [5, 5.41) is 0. The lowest BCUT2D eigenvalue weighted by Crippen LogP contribution is -2.24. The molecule has 2 N–H and O–H groups in total. The normalized spacial score (nSPS) is 10.7. The van der Waals surface area contributed by atoms with Crippen LogP contribution < -0.4 is 5.73 Å². The summed E-state index contributed by atoms with van der Waals surface area (Å²) < 4.78 is 0. The van der Waals surface area contributed by atoms with Gasteiger partial charge < -0.3 is 10.6 Å². The van der Waals surface area contributed by atoms with Gasteiger partial charge in [-0.25, -0.2) is 0 Å². The molecule has 102 valence electrons. The number of pyridine rings is 1. The fraction of sp³-hybridized carbons (Fsp3) is 0.125. The Morgan fingerprint density at radius 3 is 2.85 bits per heavy atom. The predicted molar refractivity (Wildman–Crippen MR) is 80.6 cm³/mol. The molecule has 0 atom stereocenters. The van der Waals surface area contributed by atoms with Crippen LogP contribution in [0.3, 0.4) is 0 Å². The Kier molecular flexibility index (Phi) is 4.50. The quantitative estimate of drug-likeness (QED) is 0.683. The number of nitrogens with zero attached hydrogens (tertiary/aromatic N) is 2. The van der Waals surface area contributed by atoms with Gasteiger partial charge in [0.2, 0.25) is 5.91 Å². The molecular formula is C16H17N3O. The van der Waals surface area contributed by atoms with E-state index in [2.05, 4.69) is 4.98 Å². The molecule has 0 spiro atoms. The van der Waals surface area contributed by atoms with Crippen molar-refractivity contribution in [2.24, 2.45) is 0 Å². The zero-order valence-electron chi connectivity index (χ0n) is 11.4. The summed E-state index contributed by atoms with van der Waals surface area (Å²) in [6.07, 6.45) is 5.02. The highest BCUT2D eigenvalue weighted by Gasteiger charge is 2.05. The van der Waals surface area contributed by atoms with Crippen LogP contribution >= 0.6 is 0 Å². The Morgan fingerprint density at radius 1 is 1.30 bits per heavy atom. The molecule has 0 aliphatic carbocycles. The first-order chi connectivity index (χ1) is 9.65. The van der Waals surface area contributed by atoms with Crippen molar-refractivity contribution in [3.63, 3.8) is 0 Å². The average molecular weight is 267 g/mol. The van der Waals surface area contributed by atoms with E-state index < -0.39 is 0 Å². The summed E-state index contributed by atoms with van der Waals surface area (Å²) >= 11 is 0. The maximum absolute atomic E-state index is 12.0. The smallest absolute Gasteiger partial charge is 0.246 e. The number of aromatic nitrogens is 1. The lowest BCUT2D eigenvalue weighted by atomic mass is 10.2. The molecule has 1 aromatic carbocycles. The molecule has 0 bridgehead atoms. The summed E-state index contributed by atoms with van der Waals surface area (Å²) in [4.78, 5) is 17.8. The van der Waals surface area contributed by atoms with E-state index >= 15 is 0 Å². The van der Waals surface area contributed by atoms with E-state index in [0.29, 0.717) is 12.2 Å². The number of rotatable bonds is 4. The fourth-order valence-electron chi connectivity index (χ4n) is 1.77. The van der Waals surface area contributed by atoms with Crippen molar-refractivity contribution in [3.05, 3.63) is 66.0 Å². The second kappa shape index (κ2) is 6.52. The average Bonchev–Trinajstić information content (AvgIpc) is 2.46. The number of hydrogen-bond acceptors (Lipinski definition) is 3. The molecule has 2 rings (SSSR count). The molecule has 0 saturated carbocycles. The van der Waals surface area contributed by atoms with Crippen molar-refractivity contribution in [1.29, 1.82) is 0 Å². The van der Waals surface area contributed by atoms with Crippen LogP contribution in [0.4, 0.5) is 5.69 Å². The fourth-order valence-corrected chi connectivity index (χ4v) is 1.77. The van der Waals surface area contributed by atoms with Gasteiger partial charge in [-0.15, -0.1) is 0 Å². The number of hydrogen-bond donors (Lipinski definition) is 1. The summed E-state index contributed by atoms with van der Waals surface area (Å²) in [6.45, 7) is 0.487. The highest BCUT2D eigenvalue weighted by Crippen LogP contribution is 2.08. The Labute approximate surface area is 118 Å². The van der Waals surface area contributed by atoms with Gasteiger partial charge in [0.1, 0.15) is 0 Å². The van der Waals surface area contributed by atoms with Gasteiger partial charge in [-0.05, 0) is 35.9 Å². The van der Waals surface area contributed by atoms with Crippen LogP contribution in [0.2, 0.25) is 0 Å². The van der Waals surface area contributed by atoms with E-state index in [4.69, 9.17) is 5.73 Å². The number of carbonyl (C=O) groups is 1. The molecule has 0 aliphatic rings. The molecule has 0 fully saturated rings. The van der Waals surface area contributed by atoms with Crippen LogP contribution in [-0.4, -0.2) is 22.8 Å². The minimum Gasteiger partial charge on any atom is -0.399 e. The van der Waals surface area contributed by atoms with Gasteiger partial charge >= 0.3 is 0 Å². The number of anilines is 1. The lowest BCUT2D eigenvalue weighted by molar-refractivity contribution is -0.125. The molecule has 0 aliphatic heterocycles. The van der Waals surface area contributed by atoms with Crippen LogP contribution in [0, 0.1) is 0 Å². The van der Waals surface area contributed by atoms with Gasteiger partial charge in [-0.2, -0.15) is 0 Å². The Balaban J connectivity index is 1.97. The van der Waals surface area contributed by atoms with Gasteiger partial charge in [0.25, 0.3) is 0 Å². The summed E-state index contributed by atoms with van der Waals surface area (Å²) in [5.41, 5.74) is 8.14. The Morgan fingerprint density at radius 2 is 2.15 bits per heavy atom. The van der Waals surface area contributed by atoms with Gasteiger partial charge in [-0.3, -0.25) is 9.78 Å². The lowest BCUT2D eigenvalue weighted by Gasteiger charge is -2.14. The molecule has 0 saturated heterocycles. The summed E-state index contributed by atoms with van der Waals surface area (Å²) in [5.74, 6) is -0.0712. The number of likely N-dealkylation sites (N-methyl/N-ethyl adjacent to an activating group) is 1. The van der Waals surface area contributed by atoms with Gasteiger partial charge in [-0.1, -0.05) is 18.2 Å². The minimum absolute atomic E-state index is 0.0712. The summed E-state index contributed by atoms with van der Waals surface area (Å²) in [7, 11) is 1.75.